The van der Waals surface area contributed by atoms with Crippen LogP contribution in [0.25, 0.3) is 10.9 Å². The van der Waals surface area contributed by atoms with Crippen LogP contribution in [0, 0.1) is 0 Å². The minimum Gasteiger partial charge on any atom is -0.338 e. The largest absolute Gasteiger partial charge is 0.338 e. The van der Waals surface area contributed by atoms with Gasteiger partial charge in [0.15, 0.2) is 0 Å². The standard InChI is InChI=1S/C16H17ClN4/c1-21-10-9-19-15(21)6-8-18-11-12-4-5-14(17)13-3-2-7-20-16(12)13/h2-5,7,9-10,18H,6,8,11H2,1H3. The number of imidazole rings is 1. The van der Waals surface area contributed by atoms with E-state index in [2.05, 4.69) is 15.3 Å². The normalized spacial score (nSPS) is 11.1. The number of benzene rings is 1. The highest BCUT2D eigenvalue weighted by molar-refractivity contribution is 6.35. The number of pyridine rings is 1. The van der Waals surface area contributed by atoms with E-state index in [9.17, 15) is 0 Å². The van der Waals surface area contributed by atoms with Crippen LogP contribution in [0.1, 0.15) is 11.4 Å². The second kappa shape index (κ2) is 6.24. The molecule has 0 bridgehead atoms. The van der Waals surface area contributed by atoms with Crippen LogP contribution in [0.4, 0.5) is 0 Å². The van der Waals surface area contributed by atoms with Gasteiger partial charge in [-0.3, -0.25) is 4.98 Å². The Bertz CT molecular complexity index is 751. The van der Waals surface area contributed by atoms with Crippen molar-refractivity contribution < 1.29 is 0 Å². The van der Waals surface area contributed by atoms with Crippen LogP contribution in [-0.4, -0.2) is 21.1 Å². The summed E-state index contributed by atoms with van der Waals surface area (Å²) in [5.41, 5.74) is 2.13. The fourth-order valence-corrected chi connectivity index (χ4v) is 2.62. The van der Waals surface area contributed by atoms with Crippen molar-refractivity contribution >= 4 is 22.5 Å². The molecule has 0 fully saturated rings. The molecule has 2 aromatic heterocycles. The van der Waals surface area contributed by atoms with Crippen molar-refractivity contribution in [2.45, 2.75) is 13.0 Å². The van der Waals surface area contributed by atoms with Crippen LogP contribution in [-0.2, 0) is 20.0 Å². The van der Waals surface area contributed by atoms with Crippen LogP contribution in [0.3, 0.4) is 0 Å². The molecule has 5 heteroatoms. The van der Waals surface area contributed by atoms with Gasteiger partial charge in [0.05, 0.1) is 5.52 Å². The predicted octanol–water partition coefficient (Wildman–Crippen LogP) is 2.95. The molecule has 0 saturated heterocycles. The van der Waals surface area contributed by atoms with Crippen LogP contribution in [0.15, 0.2) is 42.9 Å². The molecule has 3 rings (SSSR count). The summed E-state index contributed by atoms with van der Waals surface area (Å²) in [6.07, 6.45) is 6.50. The number of halogens is 1. The van der Waals surface area contributed by atoms with Gasteiger partial charge in [-0.15, -0.1) is 0 Å². The highest BCUT2D eigenvalue weighted by Gasteiger charge is 2.05. The lowest BCUT2D eigenvalue weighted by Crippen LogP contribution is -2.18. The summed E-state index contributed by atoms with van der Waals surface area (Å²) in [6.45, 7) is 1.65. The number of nitrogens with zero attached hydrogens (tertiary/aromatic N) is 3. The van der Waals surface area contributed by atoms with E-state index in [0.717, 1.165) is 46.8 Å². The maximum absolute atomic E-state index is 6.20. The molecule has 1 N–H and O–H groups in total. The van der Waals surface area contributed by atoms with Gasteiger partial charge in [0.1, 0.15) is 5.82 Å². The number of rotatable bonds is 5. The fourth-order valence-electron chi connectivity index (χ4n) is 2.40. The lowest BCUT2D eigenvalue weighted by Gasteiger charge is -2.08. The molecule has 4 nitrogen and oxygen atoms in total. The zero-order chi connectivity index (χ0) is 14.7. The minimum absolute atomic E-state index is 0.745. The molecule has 0 saturated carbocycles. The third kappa shape index (κ3) is 3.06. The van der Waals surface area contributed by atoms with Gasteiger partial charge >= 0.3 is 0 Å². The molecular formula is C16H17ClN4. The van der Waals surface area contributed by atoms with Gasteiger partial charge in [0.25, 0.3) is 0 Å². The predicted molar refractivity (Wildman–Crippen MR) is 85.4 cm³/mol. The van der Waals surface area contributed by atoms with Crippen molar-refractivity contribution in [2.24, 2.45) is 7.05 Å². The van der Waals surface area contributed by atoms with E-state index < -0.39 is 0 Å². The lowest BCUT2D eigenvalue weighted by molar-refractivity contribution is 0.656. The molecule has 0 aliphatic heterocycles. The Morgan fingerprint density at radius 2 is 2.10 bits per heavy atom. The van der Waals surface area contributed by atoms with E-state index in [1.54, 1.807) is 6.20 Å². The highest BCUT2D eigenvalue weighted by atomic mass is 35.5. The average molecular weight is 301 g/mol. The zero-order valence-corrected chi connectivity index (χ0v) is 12.6. The number of nitrogens with one attached hydrogen (secondary N) is 1. The molecule has 2 heterocycles. The first-order chi connectivity index (χ1) is 10.3. The first-order valence-corrected chi connectivity index (χ1v) is 7.32. The first kappa shape index (κ1) is 14.0. The Balaban J connectivity index is 1.66. The maximum Gasteiger partial charge on any atom is 0.109 e. The summed E-state index contributed by atoms with van der Waals surface area (Å²) >= 11 is 6.20. The maximum atomic E-state index is 6.20. The molecule has 0 aliphatic carbocycles. The number of aromatic nitrogens is 3. The van der Waals surface area contributed by atoms with Crippen LogP contribution in [0.5, 0.6) is 0 Å². The SMILES string of the molecule is Cn1ccnc1CCNCc1ccc(Cl)c2cccnc12. The highest BCUT2D eigenvalue weighted by Crippen LogP contribution is 2.24. The van der Waals surface area contributed by atoms with Gasteiger partial charge in [-0.2, -0.15) is 0 Å². The van der Waals surface area contributed by atoms with Crippen molar-refractivity contribution in [3.63, 3.8) is 0 Å². The number of fused-ring (bicyclic) bond motifs is 1. The fraction of sp³-hybridized carbons (Fsp3) is 0.250. The molecule has 0 unspecified atom stereocenters. The van der Waals surface area contributed by atoms with E-state index in [-0.39, 0.29) is 0 Å². The molecule has 1 aromatic carbocycles. The van der Waals surface area contributed by atoms with Gasteiger partial charge < -0.3 is 9.88 Å². The van der Waals surface area contributed by atoms with E-state index in [4.69, 9.17) is 11.6 Å². The number of hydrogen-bond donors (Lipinski definition) is 1. The summed E-state index contributed by atoms with van der Waals surface area (Å²) in [6, 6.07) is 7.88. The van der Waals surface area contributed by atoms with E-state index in [1.807, 2.05) is 48.3 Å². The van der Waals surface area contributed by atoms with Gasteiger partial charge in [-0.1, -0.05) is 17.7 Å². The number of hydrogen-bond acceptors (Lipinski definition) is 3. The Morgan fingerprint density at radius 1 is 1.19 bits per heavy atom. The summed E-state index contributed by atoms with van der Waals surface area (Å²) in [5, 5.41) is 5.19. The van der Waals surface area contributed by atoms with E-state index in [0.29, 0.717) is 0 Å². The molecule has 0 aliphatic rings. The Kier molecular flexibility index (Phi) is 4.18. The zero-order valence-electron chi connectivity index (χ0n) is 11.9. The quantitative estimate of drug-likeness (QED) is 0.737. The molecule has 0 amide bonds. The molecule has 108 valence electrons. The molecule has 0 spiro atoms. The topological polar surface area (TPSA) is 42.7 Å². The van der Waals surface area contributed by atoms with Gasteiger partial charge in [-0.25, -0.2) is 4.98 Å². The lowest BCUT2D eigenvalue weighted by atomic mass is 10.1. The Hall–Kier alpha value is -1.91. The smallest absolute Gasteiger partial charge is 0.109 e. The third-order valence-electron chi connectivity index (χ3n) is 3.56. The average Bonchev–Trinajstić information content (AvgIpc) is 2.91. The molecule has 3 aromatic rings. The van der Waals surface area contributed by atoms with Gasteiger partial charge in [-0.05, 0) is 23.8 Å². The summed E-state index contributed by atoms with van der Waals surface area (Å²) in [5.74, 6) is 1.08. The van der Waals surface area contributed by atoms with Crippen molar-refractivity contribution in [3.05, 3.63) is 59.3 Å². The Morgan fingerprint density at radius 3 is 2.90 bits per heavy atom. The third-order valence-corrected chi connectivity index (χ3v) is 3.89. The first-order valence-electron chi connectivity index (χ1n) is 6.95. The summed E-state index contributed by atoms with van der Waals surface area (Å²) in [4.78, 5) is 8.76. The number of aryl methyl sites for hydroxylation is 1. The monoisotopic (exact) mass is 300 g/mol. The van der Waals surface area contributed by atoms with Crippen molar-refractivity contribution in [3.8, 4) is 0 Å². The molecule has 0 radical (unpaired) electrons. The van der Waals surface area contributed by atoms with Gasteiger partial charge in [0.2, 0.25) is 0 Å². The summed E-state index contributed by atoms with van der Waals surface area (Å²) in [7, 11) is 2.01. The minimum atomic E-state index is 0.745. The van der Waals surface area contributed by atoms with Crippen LogP contribution < -0.4 is 5.32 Å². The Labute approximate surface area is 128 Å². The van der Waals surface area contributed by atoms with E-state index >= 15 is 0 Å². The van der Waals surface area contributed by atoms with Crippen molar-refractivity contribution in [2.75, 3.05) is 6.54 Å². The van der Waals surface area contributed by atoms with Gasteiger partial charge in [0, 0.05) is 55.6 Å². The molecule has 21 heavy (non-hydrogen) atoms. The van der Waals surface area contributed by atoms with Crippen molar-refractivity contribution in [1.82, 2.24) is 19.9 Å². The molecule has 0 atom stereocenters. The summed E-state index contributed by atoms with van der Waals surface area (Å²) < 4.78 is 2.04. The van der Waals surface area contributed by atoms with Crippen LogP contribution >= 0.6 is 11.6 Å². The molecular weight excluding hydrogens is 284 g/mol. The van der Waals surface area contributed by atoms with E-state index in [1.165, 1.54) is 0 Å². The van der Waals surface area contributed by atoms with Crippen LogP contribution in [0.2, 0.25) is 5.02 Å². The second-order valence-corrected chi connectivity index (χ2v) is 5.39. The second-order valence-electron chi connectivity index (χ2n) is 4.99. The van der Waals surface area contributed by atoms with Crippen molar-refractivity contribution in [1.29, 1.82) is 0 Å².